The van der Waals surface area contributed by atoms with Crippen molar-refractivity contribution in [1.82, 2.24) is 9.55 Å². The lowest BCUT2D eigenvalue weighted by Crippen LogP contribution is -2.34. The van der Waals surface area contributed by atoms with E-state index in [1.165, 1.54) is 18.8 Å². The number of hydrogen-bond donors (Lipinski definition) is 1. The van der Waals surface area contributed by atoms with E-state index in [0.29, 0.717) is 56.6 Å². The summed E-state index contributed by atoms with van der Waals surface area (Å²) in [7, 11) is -1.27. The Balaban J connectivity index is 1.68. The Kier molecular flexibility index (Phi) is 9.29. The Morgan fingerprint density at radius 3 is 2.21 bits per heavy atom. The Morgan fingerprint density at radius 1 is 0.974 bits per heavy atom. The quantitative estimate of drug-likeness (QED) is 0.364. The number of unbranched alkanes of at least 4 members (excludes halogenated alkanes) is 1. The van der Waals surface area contributed by atoms with Crippen LogP contribution in [0.2, 0.25) is 0 Å². The van der Waals surface area contributed by atoms with Crippen LogP contribution in [0.25, 0.3) is 5.69 Å². The molecule has 0 spiro atoms. The SMILES string of the molecule is CCCCc1nc(=O)c(S(=O)(=O)[C@H]2CC[C@H](OCc3ccccc3)CC2)c(O)n1-c1c(OC)cccc1OC. The minimum atomic E-state index is -4.20. The summed E-state index contributed by atoms with van der Waals surface area (Å²) < 4.78 is 46.0. The molecule has 39 heavy (non-hydrogen) atoms. The fraction of sp³-hybridized carbons (Fsp3) is 0.448. The van der Waals surface area contributed by atoms with Gasteiger partial charge in [0.25, 0.3) is 5.56 Å². The molecule has 9 nitrogen and oxygen atoms in total. The van der Waals surface area contributed by atoms with Gasteiger partial charge >= 0.3 is 0 Å². The molecule has 0 atom stereocenters. The van der Waals surface area contributed by atoms with Crippen LogP contribution in [0, 0.1) is 0 Å². The predicted octanol–water partition coefficient (Wildman–Crippen LogP) is 4.60. The molecule has 1 aliphatic rings. The topological polar surface area (TPSA) is 117 Å². The number of para-hydroxylation sites is 1. The van der Waals surface area contributed by atoms with Crippen molar-refractivity contribution >= 4 is 9.84 Å². The minimum absolute atomic E-state index is 0.0747. The third kappa shape index (κ3) is 6.12. The van der Waals surface area contributed by atoms with Crippen molar-refractivity contribution in [3.8, 4) is 23.1 Å². The first kappa shape index (κ1) is 28.6. The number of sulfone groups is 1. The molecule has 0 unspecified atom stereocenters. The second-order valence-electron chi connectivity index (χ2n) is 9.68. The lowest BCUT2D eigenvalue weighted by molar-refractivity contribution is 0.0174. The normalized spacial score (nSPS) is 17.6. The number of aryl methyl sites for hydroxylation is 1. The molecule has 0 bridgehead atoms. The summed E-state index contributed by atoms with van der Waals surface area (Å²) in [5.41, 5.74) is 0.387. The van der Waals surface area contributed by atoms with Crippen molar-refractivity contribution in [2.45, 2.75) is 74.7 Å². The summed E-state index contributed by atoms with van der Waals surface area (Å²) in [5, 5.41) is 10.7. The maximum Gasteiger partial charge on any atom is 0.295 e. The van der Waals surface area contributed by atoms with Crippen LogP contribution < -0.4 is 15.0 Å². The second-order valence-corrected chi connectivity index (χ2v) is 11.8. The van der Waals surface area contributed by atoms with Crippen LogP contribution in [0.1, 0.15) is 56.8 Å². The number of rotatable bonds is 11. The maximum absolute atomic E-state index is 13.8. The van der Waals surface area contributed by atoms with Crippen molar-refractivity contribution in [2.24, 2.45) is 0 Å². The van der Waals surface area contributed by atoms with E-state index >= 15 is 0 Å². The Labute approximate surface area is 229 Å². The van der Waals surface area contributed by atoms with E-state index in [0.717, 1.165) is 12.0 Å². The number of aromatic hydroxyl groups is 1. The minimum Gasteiger partial charge on any atom is -0.494 e. The van der Waals surface area contributed by atoms with E-state index in [4.69, 9.17) is 14.2 Å². The number of hydrogen-bond acceptors (Lipinski definition) is 8. The highest BCUT2D eigenvalue weighted by Gasteiger charge is 2.38. The molecule has 0 aliphatic heterocycles. The molecule has 10 heteroatoms. The molecule has 1 aliphatic carbocycles. The highest BCUT2D eigenvalue weighted by molar-refractivity contribution is 7.92. The average Bonchev–Trinajstić information content (AvgIpc) is 2.95. The van der Waals surface area contributed by atoms with Crippen LogP contribution >= 0.6 is 0 Å². The third-order valence-electron chi connectivity index (χ3n) is 7.15. The fourth-order valence-electron chi connectivity index (χ4n) is 5.04. The van der Waals surface area contributed by atoms with Gasteiger partial charge in [0, 0.05) is 6.42 Å². The van der Waals surface area contributed by atoms with Gasteiger partial charge in [-0.2, -0.15) is 4.98 Å². The summed E-state index contributed by atoms with van der Waals surface area (Å²) in [6, 6.07) is 14.9. The second kappa shape index (κ2) is 12.7. The fourth-order valence-corrected chi connectivity index (χ4v) is 6.90. The zero-order valence-electron chi connectivity index (χ0n) is 22.6. The Hall–Kier alpha value is -3.37. The zero-order valence-corrected chi connectivity index (χ0v) is 23.4. The number of methoxy groups -OCH3 is 2. The Bertz CT molecular complexity index is 1410. The van der Waals surface area contributed by atoms with Gasteiger partial charge < -0.3 is 19.3 Å². The molecule has 3 aromatic rings. The number of ether oxygens (including phenoxy) is 3. The standard InChI is InChI=1S/C29H36N2O7S/c1-4-5-14-25-30-28(32)27(29(33)31(25)26-23(36-2)12-9-13-24(26)37-3)39(34,35)22-17-15-21(16-18-22)38-19-20-10-7-6-8-11-20/h6-13,21-22,33H,4-5,14-19H2,1-3H3/t21-,22-. The summed E-state index contributed by atoms with van der Waals surface area (Å²) in [6.07, 6.45) is 3.48. The molecule has 1 fully saturated rings. The van der Waals surface area contributed by atoms with E-state index in [1.807, 2.05) is 37.3 Å². The van der Waals surface area contributed by atoms with E-state index in [-0.39, 0.29) is 17.6 Å². The van der Waals surface area contributed by atoms with Gasteiger partial charge in [-0.3, -0.25) is 9.36 Å². The third-order valence-corrected chi connectivity index (χ3v) is 9.43. The van der Waals surface area contributed by atoms with Gasteiger partial charge in [0.05, 0.1) is 32.2 Å². The van der Waals surface area contributed by atoms with E-state index in [2.05, 4.69) is 4.98 Å². The summed E-state index contributed by atoms with van der Waals surface area (Å²) >= 11 is 0. The molecule has 0 saturated heterocycles. The lowest BCUT2D eigenvalue weighted by atomic mass is 9.97. The average molecular weight is 557 g/mol. The molecule has 210 valence electrons. The lowest BCUT2D eigenvalue weighted by Gasteiger charge is -2.29. The van der Waals surface area contributed by atoms with E-state index in [1.54, 1.807) is 18.2 Å². The van der Waals surface area contributed by atoms with Gasteiger partial charge in [-0.15, -0.1) is 0 Å². The van der Waals surface area contributed by atoms with Gasteiger partial charge in [0.15, 0.2) is 14.7 Å². The first-order chi connectivity index (χ1) is 18.8. The number of aromatic nitrogens is 2. The molecule has 0 radical (unpaired) electrons. The van der Waals surface area contributed by atoms with Crippen LogP contribution in [0.15, 0.2) is 58.2 Å². The largest absolute Gasteiger partial charge is 0.494 e. The van der Waals surface area contributed by atoms with Crippen molar-refractivity contribution in [3.05, 3.63) is 70.3 Å². The number of nitrogens with zero attached hydrogens (tertiary/aromatic N) is 2. The molecular formula is C29H36N2O7S. The van der Waals surface area contributed by atoms with Crippen molar-refractivity contribution in [3.63, 3.8) is 0 Å². The molecule has 1 heterocycles. The van der Waals surface area contributed by atoms with Gasteiger partial charge in [-0.1, -0.05) is 49.7 Å². The van der Waals surface area contributed by atoms with Gasteiger partial charge in [0.1, 0.15) is 23.0 Å². The van der Waals surface area contributed by atoms with Crippen molar-refractivity contribution in [1.29, 1.82) is 0 Å². The van der Waals surface area contributed by atoms with Crippen molar-refractivity contribution < 1.29 is 27.7 Å². The molecule has 1 N–H and O–H groups in total. The highest BCUT2D eigenvalue weighted by atomic mass is 32.2. The van der Waals surface area contributed by atoms with Crippen LogP contribution in [0.4, 0.5) is 0 Å². The first-order valence-electron chi connectivity index (χ1n) is 13.3. The molecule has 4 rings (SSSR count). The Morgan fingerprint density at radius 2 is 1.62 bits per heavy atom. The van der Waals surface area contributed by atoms with Gasteiger partial charge in [0.2, 0.25) is 5.88 Å². The van der Waals surface area contributed by atoms with Crippen LogP contribution in [-0.2, 0) is 27.6 Å². The molecule has 1 aromatic heterocycles. The van der Waals surface area contributed by atoms with Crippen LogP contribution in [0.5, 0.6) is 17.4 Å². The maximum atomic E-state index is 13.8. The van der Waals surface area contributed by atoms with Crippen LogP contribution in [-0.4, -0.2) is 48.6 Å². The summed E-state index contributed by atoms with van der Waals surface area (Å²) in [4.78, 5) is 16.7. The summed E-state index contributed by atoms with van der Waals surface area (Å²) in [6.45, 7) is 2.45. The molecule has 1 saturated carbocycles. The van der Waals surface area contributed by atoms with Crippen molar-refractivity contribution in [2.75, 3.05) is 14.2 Å². The monoisotopic (exact) mass is 556 g/mol. The first-order valence-corrected chi connectivity index (χ1v) is 14.8. The summed E-state index contributed by atoms with van der Waals surface area (Å²) in [5.74, 6) is 0.241. The zero-order chi connectivity index (χ0) is 28.0. The van der Waals surface area contributed by atoms with E-state index < -0.39 is 31.4 Å². The van der Waals surface area contributed by atoms with Gasteiger partial charge in [-0.25, -0.2) is 8.42 Å². The molecular weight excluding hydrogens is 520 g/mol. The predicted molar refractivity (Wildman–Crippen MR) is 148 cm³/mol. The van der Waals surface area contributed by atoms with Crippen LogP contribution in [0.3, 0.4) is 0 Å². The van der Waals surface area contributed by atoms with E-state index in [9.17, 15) is 18.3 Å². The smallest absolute Gasteiger partial charge is 0.295 e. The van der Waals surface area contributed by atoms with Gasteiger partial charge in [-0.05, 0) is 49.8 Å². The number of benzene rings is 2. The molecule has 0 amide bonds. The molecule has 2 aromatic carbocycles. The highest BCUT2D eigenvalue weighted by Crippen LogP contribution is 2.39.